The molecule has 6 nitrogen and oxygen atoms in total. The highest BCUT2D eigenvalue weighted by atomic mass is 16.5. The number of ether oxygens (including phenoxy) is 2. The molecule has 2 saturated heterocycles. The van der Waals surface area contributed by atoms with Gasteiger partial charge in [-0.25, -0.2) is 0 Å². The highest BCUT2D eigenvalue weighted by Crippen LogP contribution is 2.17. The van der Waals surface area contributed by atoms with E-state index in [2.05, 4.69) is 13.2 Å². The van der Waals surface area contributed by atoms with Crippen LogP contribution in [0.5, 0.6) is 0 Å². The van der Waals surface area contributed by atoms with Crippen molar-refractivity contribution < 1.29 is 19.1 Å². The maximum atomic E-state index is 12.0. The van der Waals surface area contributed by atoms with Gasteiger partial charge in [-0.1, -0.05) is 103 Å². The van der Waals surface area contributed by atoms with E-state index in [1.807, 2.05) is 79.4 Å². The van der Waals surface area contributed by atoms with Crippen molar-refractivity contribution >= 4 is 24.0 Å². The minimum absolute atomic E-state index is 0. The van der Waals surface area contributed by atoms with Crippen LogP contribution < -0.4 is 0 Å². The zero-order chi connectivity index (χ0) is 27.3. The van der Waals surface area contributed by atoms with Crippen LogP contribution in [-0.4, -0.2) is 47.2 Å². The largest absolute Gasteiger partial charge is 0.354 e. The number of benzene rings is 2. The van der Waals surface area contributed by atoms with E-state index in [9.17, 15) is 9.59 Å². The average molecular weight is 567 g/mol. The summed E-state index contributed by atoms with van der Waals surface area (Å²) in [6.45, 7) is 14.0. The summed E-state index contributed by atoms with van der Waals surface area (Å²) >= 11 is 0. The fourth-order valence-corrected chi connectivity index (χ4v) is 4.56. The standard InChI is InChI=1S/C17H23NO2.C15H19NO2.3CH4/c1-3-15-8-10-16(11-9-15)13-20-14(2)18-12-6-4-5-7-17(18)19;1-3-13-6-8-14(9-7-13)11-18-12(2)16-10-4-5-15(16)17;;;/h3,8-11,14H,1,4-7,12-13H2,2H3;3,6-9,12H,1,4-5,10-11H2,2H3;3*1H4. The highest BCUT2D eigenvalue weighted by Gasteiger charge is 2.25. The van der Waals surface area contributed by atoms with Gasteiger partial charge in [0.1, 0.15) is 12.5 Å². The number of carbonyl (C=O) groups is 2. The van der Waals surface area contributed by atoms with Gasteiger partial charge in [0.05, 0.1) is 13.2 Å². The van der Waals surface area contributed by atoms with Gasteiger partial charge in [-0.3, -0.25) is 9.59 Å². The molecule has 2 aliphatic heterocycles. The van der Waals surface area contributed by atoms with Crippen molar-refractivity contribution in [2.45, 2.75) is 100 Å². The van der Waals surface area contributed by atoms with Gasteiger partial charge in [-0.2, -0.15) is 0 Å². The zero-order valence-corrected chi connectivity index (χ0v) is 22.9. The van der Waals surface area contributed by atoms with Gasteiger partial charge >= 0.3 is 0 Å². The maximum absolute atomic E-state index is 12.0. The fraction of sp³-hybridized carbons (Fsp3) is 0.486. The van der Waals surface area contributed by atoms with Crippen LogP contribution in [0.1, 0.15) is 96.9 Å². The first-order valence-corrected chi connectivity index (χ1v) is 13.7. The predicted molar refractivity (Wildman–Crippen MR) is 173 cm³/mol. The molecule has 2 aromatic carbocycles. The van der Waals surface area contributed by atoms with E-state index >= 15 is 0 Å². The molecule has 0 aromatic heterocycles. The summed E-state index contributed by atoms with van der Waals surface area (Å²) in [6.07, 6.45) is 8.82. The Labute approximate surface area is 250 Å². The van der Waals surface area contributed by atoms with Crippen LogP contribution >= 0.6 is 0 Å². The smallest absolute Gasteiger partial charge is 0.224 e. The van der Waals surface area contributed by atoms with Gasteiger partial charge in [0.25, 0.3) is 0 Å². The number of nitrogens with zero attached hydrogens (tertiary/aromatic N) is 2. The molecule has 2 atom stereocenters. The minimum atomic E-state index is -0.153. The molecule has 0 radical (unpaired) electrons. The Morgan fingerprint density at radius 2 is 1.05 bits per heavy atom. The lowest BCUT2D eigenvalue weighted by atomic mass is 10.1. The highest BCUT2D eigenvalue weighted by molar-refractivity contribution is 5.78. The Balaban J connectivity index is 0.000000730. The molecular weight excluding hydrogens is 512 g/mol. The van der Waals surface area contributed by atoms with Crippen LogP contribution in [0.15, 0.2) is 61.7 Å². The quantitative estimate of drug-likeness (QED) is 0.290. The normalized spacial score (nSPS) is 16.0. The van der Waals surface area contributed by atoms with E-state index in [4.69, 9.17) is 9.47 Å². The van der Waals surface area contributed by atoms with Crippen molar-refractivity contribution in [2.75, 3.05) is 13.1 Å². The Morgan fingerprint density at radius 1 is 0.659 bits per heavy atom. The van der Waals surface area contributed by atoms with Crippen LogP contribution in [0.25, 0.3) is 12.2 Å². The lowest BCUT2D eigenvalue weighted by Gasteiger charge is -2.28. The first kappa shape index (κ1) is 37.8. The van der Waals surface area contributed by atoms with Gasteiger partial charge < -0.3 is 19.3 Å². The lowest BCUT2D eigenvalue weighted by Crippen LogP contribution is -2.39. The molecule has 4 rings (SSSR count). The summed E-state index contributed by atoms with van der Waals surface area (Å²) < 4.78 is 11.6. The van der Waals surface area contributed by atoms with Crippen LogP contribution in [0.3, 0.4) is 0 Å². The molecule has 41 heavy (non-hydrogen) atoms. The lowest BCUT2D eigenvalue weighted by molar-refractivity contribution is -0.145. The van der Waals surface area contributed by atoms with E-state index in [0.717, 1.165) is 61.0 Å². The second-order valence-electron chi connectivity index (χ2n) is 9.80. The molecule has 0 spiro atoms. The summed E-state index contributed by atoms with van der Waals surface area (Å²) in [5.41, 5.74) is 4.43. The van der Waals surface area contributed by atoms with Gasteiger partial charge in [0.15, 0.2) is 0 Å². The molecular formula is C35H54N2O4. The Hall–Kier alpha value is -3.22. The molecule has 0 N–H and O–H groups in total. The molecule has 2 heterocycles. The van der Waals surface area contributed by atoms with Gasteiger partial charge in [-0.05, 0) is 55.4 Å². The van der Waals surface area contributed by atoms with Crippen LogP contribution in [0, 0.1) is 0 Å². The Morgan fingerprint density at radius 3 is 1.41 bits per heavy atom. The molecule has 228 valence electrons. The van der Waals surface area contributed by atoms with Gasteiger partial charge in [0.2, 0.25) is 11.8 Å². The summed E-state index contributed by atoms with van der Waals surface area (Å²) in [5.74, 6) is 0.418. The van der Waals surface area contributed by atoms with E-state index in [1.165, 1.54) is 0 Å². The van der Waals surface area contributed by atoms with E-state index in [0.29, 0.717) is 26.1 Å². The summed E-state index contributed by atoms with van der Waals surface area (Å²) in [4.78, 5) is 27.2. The Bertz CT molecular complexity index is 1050. The molecule has 0 saturated carbocycles. The van der Waals surface area contributed by atoms with Crippen molar-refractivity contribution in [3.63, 3.8) is 0 Å². The second-order valence-corrected chi connectivity index (χ2v) is 9.80. The van der Waals surface area contributed by atoms with Gasteiger partial charge in [-0.15, -0.1) is 0 Å². The molecule has 2 amide bonds. The third-order valence-corrected chi connectivity index (χ3v) is 7.01. The van der Waals surface area contributed by atoms with E-state index in [1.54, 1.807) is 4.90 Å². The van der Waals surface area contributed by atoms with Crippen molar-refractivity contribution in [1.29, 1.82) is 0 Å². The molecule has 6 heteroatoms. The second kappa shape index (κ2) is 19.8. The SMILES string of the molecule is C.C.C.C=Cc1ccc(COC(C)N2CCCC2=O)cc1.C=Cc1ccc(COC(C)N2CCCCCC2=O)cc1. The Kier molecular flexibility index (Phi) is 18.2. The number of hydrogen-bond acceptors (Lipinski definition) is 4. The fourth-order valence-electron chi connectivity index (χ4n) is 4.56. The monoisotopic (exact) mass is 566 g/mol. The molecule has 2 aliphatic rings. The number of likely N-dealkylation sites (tertiary alicyclic amines) is 2. The number of rotatable bonds is 10. The summed E-state index contributed by atoms with van der Waals surface area (Å²) in [6, 6.07) is 16.2. The van der Waals surface area contributed by atoms with Crippen molar-refractivity contribution in [2.24, 2.45) is 0 Å². The predicted octanol–water partition coefficient (Wildman–Crippen LogP) is 8.32. The summed E-state index contributed by atoms with van der Waals surface area (Å²) in [7, 11) is 0. The van der Waals surface area contributed by atoms with E-state index in [-0.39, 0.29) is 46.6 Å². The minimum Gasteiger partial charge on any atom is -0.354 e. The van der Waals surface area contributed by atoms with Crippen LogP contribution in [-0.2, 0) is 32.3 Å². The van der Waals surface area contributed by atoms with Gasteiger partial charge in [0, 0.05) is 25.9 Å². The number of carbonyl (C=O) groups excluding carboxylic acids is 2. The molecule has 0 aliphatic carbocycles. The van der Waals surface area contributed by atoms with Crippen LogP contribution in [0.4, 0.5) is 0 Å². The zero-order valence-electron chi connectivity index (χ0n) is 22.9. The van der Waals surface area contributed by atoms with Crippen molar-refractivity contribution in [3.05, 3.63) is 83.9 Å². The topological polar surface area (TPSA) is 59.1 Å². The van der Waals surface area contributed by atoms with E-state index < -0.39 is 0 Å². The molecule has 2 aromatic rings. The first-order valence-electron chi connectivity index (χ1n) is 13.7. The van der Waals surface area contributed by atoms with Crippen molar-refractivity contribution in [3.8, 4) is 0 Å². The summed E-state index contributed by atoms with van der Waals surface area (Å²) in [5, 5.41) is 0. The molecule has 2 unspecified atom stereocenters. The maximum Gasteiger partial charge on any atom is 0.224 e. The third kappa shape index (κ3) is 12.0. The number of hydrogen-bond donors (Lipinski definition) is 0. The number of amides is 2. The average Bonchev–Trinajstić information content (AvgIpc) is 3.26. The first-order chi connectivity index (χ1) is 18.4. The van der Waals surface area contributed by atoms with Crippen LogP contribution in [0.2, 0.25) is 0 Å². The molecule has 2 fully saturated rings. The third-order valence-electron chi connectivity index (χ3n) is 7.01. The van der Waals surface area contributed by atoms with Crippen molar-refractivity contribution in [1.82, 2.24) is 9.80 Å². The molecule has 0 bridgehead atoms.